The van der Waals surface area contributed by atoms with E-state index in [0.717, 1.165) is 16.5 Å². The zero-order valence-corrected chi connectivity index (χ0v) is 11.2. The largest absolute Gasteiger partial charge is 0.259 e. The van der Waals surface area contributed by atoms with E-state index in [1.807, 2.05) is 13.8 Å². The van der Waals surface area contributed by atoms with Crippen LogP contribution < -0.4 is 5.06 Å². The molecule has 0 N–H and O–H groups in total. The normalized spacial score (nSPS) is 21.4. The van der Waals surface area contributed by atoms with Gasteiger partial charge in [0.25, 0.3) is 0 Å². The highest BCUT2D eigenvalue weighted by molar-refractivity contribution is 7.13. The smallest absolute Gasteiger partial charge is 0.214 e. The maximum Gasteiger partial charge on any atom is 0.214 e. The highest BCUT2D eigenvalue weighted by Crippen LogP contribution is 2.32. The second-order valence-electron chi connectivity index (χ2n) is 5.04. The summed E-state index contributed by atoms with van der Waals surface area (Å²) in [6.45, 7) is 10.4. The van der Waals surface area contributed by atoms with Crippen molar-refractivity contribution in [2.75, 3.05) is 5.06 Å². The van der Waals surface area contributed by atoms with Gasteiger partial charge in [-0.15, -0.1) is 11.3 Å². The van der Waals surface area contributed by atoms with Gasteiger partial charge in [0.1, 0.15) is 6.10 Å². The molecule has 0 bridgehead atoms. The van der Waals surface area contributed by atoms with Crippen molar-refractivity contribution >= 4 is 16.5 Å². The first kappa shape index (κ1) is 11.6. The van der Waals surface area contributed by atoms with Crippen molar-refractivity contribution in [3.05, 3.63) is 22.8 Å². The summed E-state index contributed by atoms with van der Waals surface area (Å²) < 4.78 is 0. The van der Waals surface area contributed by atoms with E-state index in [2.05, 4.69) is 37.2 Å². The second-order valence-corrected chi connectivity index (χ2v) is 5.87. The molecule has 87 valence electrons. The van der Waals surface area contributed by atoms with Crippen molar-refractivity contribution in [2.45, 2.75) is 46.1 Å². The van der Waals surface area contributed by atoms with Crippen LogP contribution in [-0.2, 0) is 10.3 Å². The third-order valence-corrected chi connectivity index (χ3v) is 3.22. The molecule has 1 radical (unpaired) electrons. The lowest BCUT2D eigenvalue weighted by atomic mass is 9.93. The molecule has 0 spiro atoms. The van der Waals surface area contributed by atoms with Crippen LogP contribution in [0.4, 0.5) is 5.13 Å². The minimum atomic E-state index is 0.0157. The Balaban J connectivity index is 2.24. The summed E-state index contributed by atoms with van der Waals surface area (Å²) in [5, 5.41) is 4.75. The van der Waals surface area contributed by atoms with E-state index in [0.29, 0.717) is 0 Å². The molecule has 1 aromatic rings. The Labute approximate surface area is 101 Å². The van der Waals surface area contributed by atoms with Gasteiger partial charge in [-0.25, -0.2) is 4.98 Å². The average Bonchev–Trinajstić information content (AvgIpc) is 2.70. The predicted octanol–water partition coefficient (Wildman–Crippen LogP) is 3.29. The Kier molecular flexibility index (Phi) is 2.80. The molecule has 2 heterocycles. The average molecular weight is 237 g/mol. The standard InChI is InChI=1S/C12H17N2OS/c1-8-6-9(2)15-14(8)11-13-10(7-16-11)12(3,4)5/h7,9H,1-5H3. The van der Waals surface area contributed by atoms with E-state index in [1.54, 1.807) is 16.4 Å². The fourth-order valence-corrected chi connectivity index (χ4v) is 2.56. The van der Waals surface area contributed by atoms with Gasteiger partial charge in [-0.3, -0.25) is 4.84 Å². The lowest BCUT2D eigenvalue weighted by Gasteiger charge is -2.17. The van der Waals surface area contributed by atoms with E-state index in [4.69, 9.17) is 4.84 Å². The Bertz CT molecular complexity index is 417. The van der Waals surface area contributed by atoms with Crippen molar-refractivity contribution in [1.82, 2.24) is 4.98 Å². The number of rotatable bonds is 1. The molecule has 0 fully saturated rings. The van der Waals surface area contributed by atoms with Crippen LogP contribution in [0.15, 0.2) is 11.1 Å². The van der Waals surface area contributed by atoms with Crippen LogP contribution in [0.2, 0.25) is 0 Å². The summed E-state index contributed by atoms with van der Waals surface area (Å²) in [5.41, 5.74) is 2.17. The maximum absolute atomic E-state index is 5.62. The first-order valence-corrected chi connectivity index (χ1v) is 6.29. The van der Waals surface area contributed by atoms with Crippen molar-refractivity contribution in [3.8, 4) is 0 Å². The van der Waals surface area contributed by atoms with Crippen molar-refractivity contribution in [2.24, 2.45) is 0 Å². The Morgan fingerprint density at radius 1 is 1.50 bits per heavy atom. The summed E-state index contributed by atoms with van der Waals surface area (Å²) in [7, 11) is 0. The van der Waals surface area contributed by atoms with Crippen molar-refractivity contribution < 1.29 is 4.84 Å². The van der Waals surface area contributed by atoms with Gasteiger partial charge in [-0.1, -0.05) is 20.8 Å². The number of nitrogens with zero attached hydrogens (tertiary/aromatic N) is 2. The number of aromatic nitrogens is 1. The second kappa shape index (κ2) is 3.86. The van der Waals surface area contributed by atoms with E-state index in [9.17, 15) is 0 Å². The van der Waals surface area contributed by atoms with Crippen LogP contribution in [0.3, 0.4) is 0 Å². The fraction of sp³-hybridized carbons (Fsp3) is 0.583. The molecule has 3 nitrogen and oxygen atoms in total. The lowest BCUT2D eigenvalue weighted by Crippen LogP contribution is -2.19. The third-order valence-electron chi connectivity index (χ3n) is 2.41. The van der Waals surface area contributed by atoms with Crippen LogP contribution >= 0.6 is 11.3 Å². The number of anilines is 1. The fourth-order valence-electron chi connectivity index (χ4n) is 1.51. The van der Waals surface area contributed by atoms with Crippen LogP contribution in [0.1, 0.15) is 40.3 Å². The molecular formula is C12H17N2OS. The van der Waals surface area contributed by atoms with Crippen molar-refractivity contribution in [1.29, 1.82) is 0 Å². The first-order chi connectivity index (χ1) is 7.38. The summed E-state index contributed by atoms with van der Waals surface area (Å²) in [6.07, 6.45) is 3.22. The Hall–Kier alpha value is -0.870. The van der Waals surface area contributed by atoms with Crippen molar-refractivity contribution in [3.63, 3.8) is 0 Å². The van der Waals surface area contributed by atoms with Gasteiger partial charge in [0.05, 0.1) is 11.4 Å². The monoisotopic (exact) mass is 237 g/mol. The molecule has 1 unspecified atom stereocenters. The number of allylic oxidation sites excluding steroid dienone is 1. The van der Waals surface area contributed by atoms with Gasteiger partial charge in [0.15, 0.2) is 0 Å². The van der Waals surface area contributed by atoms with Gasteiger partial charge in [0, 0.05) is 16.9 Å². The van der Waals surface area contributed by atoms with E-state index in [1.165, 1.54) is 0 Å². The molecule has 2 rings (SSSR count). The maximum atomic E-state index is 5.62. The molecule has 1 aliphatic rings. The van der Waals surface area contributed by atoms with Crippen LogP contribution in [0.25, 0.3) is 0 Å². The molecule has 1 aromatic heterocycles. The minimum absolute atomic E-state index is 0.0157. The quantitative estimate of drug-likeness (QED) is 0.749. The number of hydrogen-bond acceptors (Lipinski definition) is 4. The molecule has 0 aromatic carbocycles. The Morgan fingerprint density at radius 3 is 2.62 bits per heavy atom. The van der Waals surface area contributed by atoms with Crippen LogP contribution in [0, 0.1) is 6.08 Å². The van der Waals surface area contributed by atoms with Crippen LogP contribution in [-0.4, -0.2) is 11.1 Å². The Morgan fingerprint density at radius 2 is 2.19 bits per heavy atom. The number of thiazole rings is 1. The zero-order valence-electron chi connectivity index (χ0n) is 10.4. The highest BCUT2D eigenvalue weighted by atomic mass is 32.1. The highest BCUT2D eigenvalue weighted by Gasteiger charge is 2.25. The zero-order chi connectivity index (χ0) is 11.9. The summed E-state index contributed by atoms with van der Waals surface area (Å²) in [5.74, 6) is 0. The van der Waals surface area contributed by atoms with Gasteiger partial charge in [-0.2, -0.15) is 5.06 Å². The summed E-state index contributed by atoms with van der Waals surface area (Å²) in [6, 6.07) is 0. The van der Waals surface area contributed by atoms with Gasteiger partial charge >= 0.3 is 0 Å². The molecule has 0 saturated heterocycles. The van der Waals surface area contributed by atoms with E-state index < -0.39 is 0 Å². The summed E-state index contributed by atoms with van der Waals surface area (Å²) >= 11 is 1.61. The predicted molar refractivity (Wildman–Crippen MR) is 66.3 cm³/mol. The molecule has 1 atom stereocenters. The lowest BCUT2D eigenvalue weighted by molar-refractivity contribution is 0.108. The third kappa shape index (κ3) is 2.13. The van der Waals surface area contributed by atoms with E-state index in [-0.39, 0.29) is 11.5 Å². The molecule has 0 saturated carbocycles. The molecule has 1 aliphatic heterocycles. The number of hydrogen-bond donors (Lipinski definition) is 0. The molecular weight excluding hydrogens is 220 g/mol. The van der Waals surface area contributed by atoms with E-state index >= 15 is 0 Å². The van der Waals surface area contributed by atoms with Gasteiger partial charge in [0.2, 0.25) is 5.13 Å². The number of hydroxylamine groups is 1. The SMILES string of the molecule is CC1=[C]C(C)ON1c1nc(C(C)(C)C)cs1. The molecule has 0 amide bonds. The molecule has 0 aliphatic carbocycles. The van der Waals surface area contributed by atoms with Gasteiger partial charge < -0.3 is 0 Å². The van der Waals surface area contributed by atoms with Crippen LogP contribution in [0.5, 0.6) is 0 Å². The summed E-state index contributed by atoms with van der Waals surface area (Å²) in [4.78, 5) is 10.2. The topological polar surface area (TPSA) is 25.4 Å². The molecule has 4 heteroatoms. The minimum Gasteiger partial charge on any atom is -0.259 e. The molecule has 16 heavy (non-hydrogen) atoms. The van der Waals surface area contributed by atoms with Gasteiger partial charge in [-0.05, 0) is 13.8 Å². The first-order valence-electron chi connectivity index (χ1n) is 5.41.